The lowest BCUT2D eigenvalue weighted by Crippen LogP contribution is -2.46. The van der Waals surface area contributed by atoms with Gasteiger partial charge in [-0.05, 0) is 38.4 Å². The lowest BCUT2D eigenvalue weighted by molar-refractivity contribution is -0.119. The van der Waals surface area contributed by atoms with Gasteiger partial charge >= 0.3 is 0 Å². The number of imidazole rings is 1. The predicted octanol–water partition coefficient (Wildman–Crippen LogP) is 2.65. The van der Waals surface area contributed by atoms with Crippen LogP contribution < -0.4 is 10.6 Å². The van der Waals surface area contributed by atoms with Crippen LogP contribution in [0.5, 0.6) is 0 Å². The summed E-state index contributed by atoms with van der Waals surface area (Å²) in [6.07, 6.45) is 2.20. The molecule has 1 fully saturated rings. The predicted molar refractivity (Wildman–Crippen MR) is 98.2 cm³/mol. The van der Waals surface area contributed by atoms with Crippen LogP contribution in [0, 0.1) is 0 Å². The highest BCUT2D eigenvalue weighted by atomic mass is 35.5. The van der Waals surface area contributed by atoms with E-state index in [1.807, 2.05) is 24.3 Å². The minimum atomic E-state index is 0. The molecule has 1 aromatic carbocycles. The molecule has 2 unspecified atom stereocenters. The first-order valence-electron chi connectivity index (χ1n) is 7.78. The molecule has 2 heterocycles. The number of piperidine rings is 1. The Labute approximate surface area is 146 Å². The van der Waals surface area contributed by atoms with Gasteiger partial charge in [-0.15, -0.1) is 24.2 Å². The van der Waals surface area contributed by atoms with Crippen molar-refractivity contribution in [3.63, 3.8) is 0 Å². The molecule has 0 bridgehead atoms. The third-order valence-electron chi connectivity index (χ3n) is 3.92. The monoisotopic (exact) mass is 354 g/mol. The molecule has 0 saturated carbocycles. The first-order chi connectivity index (χ1) is 10.7. The lowest BCUT2D eigenvalue weighted by atomic mass is 10.1. The first kappa shape index (κ1) is 18.1. The van der Waals surface area contributed by atoms with Crippen molar-refractivity contribution in [1.29, 1.82) is 0 Å². The fraction of sp³-hybridized carbons (Fsp3) is 0.500. The summed E-state index contributed by atoms with van der Waals surface area (Å²) in [6.45, 7) is 4.03. The second-order valence-corrected chi connectivity index (χ2v) is 7.03. The van der Waals surface area contributed by atoms with Crippen LogP contribution in [0.15, 0.2) is 24.3 Å². The van der Waals surface area contributed by atoms with Gasteiger partial charge in [-0.2, -0.15) is 0 Å². The van der Waals surface area contributed by atoms with Gasteiger partial charge in [-0.1, -0.05) is 12.1 Å². The molecule has 3 rings (SSSR count). The molecule has 1 saturated heterocycles. The zero-order valence-electron chi connectivity index (χ0n) is 13.2. The van der Waals surface area contributed by atoms with E-state index in [4.69, 9.17) is 0 Å². The van der Waals surface area contributed by atoms with Gasteiger partial charge in [0, 0.05) is 12.6 Å². The molecule has 23 heavy (non-hydrogen) atoms. The molecular weight excluding hydrogens is 332 g/mol. The van der Waals surface area contributed by atoms with E-state index < -0.39 is 0 Å². The fourth-order valence-corrected chi connectivity index (χ4v) is 3.44. The molecule has 3 N–H and O–H groups in total. The number of H-pyrrole nitrogens is 1. The van der Waals surface area contributed by atoms with Crippen LogP contribution in [-0.4, -0.2) is 40.8 Å². The third-order valence-corrected chi connectivity index (χ3v) is 5.07. The lowest BCUT2D eigenvalue weighted by Gasteiger charge is -2.23. The highest BCUT2D eigenvalue weighted by molar-refractivity contribution is 8.00. The van der Waals surface area contributed by atoms with Gasteiger partial charge in [0.05, 0.1) is 22.0 Å². The Balaban J connectivity index is 0.00000192. The van der Waals surface area contributed by atoms with E-state index in [0.29, 0.717) is 5.75 Å². The van der Waals surface area contributed by atoms with Crippen molar-refractivity contribution in [3.8, 4) is 0 Å². The van der Waals surface area contributed by atoms with Gasteiger partial charge in [0.2, 0.25) is 5.91 Å². The molecule has 126 valence electrons. The molecular formula is C16H23ClN4OS. The Morgan fingerprint density at radius 3 is 3.04 bits per heavy atom. The van der Waals surface area contributed by atoms with E-state index in [9.17, 15) is 4.79 Å². The molecule has 0 aliphatic carbocycles. The Bertz CT molecular complexity index is 609. The number of hydrogen-bond acceptors (Lipinski definition) is 4. The van der Waals surface area contributed by atoms with Crippen molar-refractivity contribution >= 4 is 41.1 Å². The molecule has 0 spiro atoms. The van der Waals surface area contributed by atoms with Gasteiger partial charge in [-0.3, -0.25) is 4.79 Å². The summed E-state index contributed by atoms with van der Waals surface area (Å²) < 4.78 is 0. The summed E-state index contributed by atoms with van der Waals surface area (Å²) >= 11 is 1.62. The number of fused-ring (bicyclic) bond motifs is 1. The van der Waals surface area contributed by atoms with Crippen LogP contribution in [0.3, 0.4) is 0 Å². The number of thioether (sulfide) groups is 1. The van der Waals surface area contributed by atoms with E-state index in [-0.39, 0.29) is 29.6 Å². The van der Waals surface area contributed by atoms with Crippen LogP contribution in [0.4, 0.5) is 0 Å². The van der Waals surface area contributed by atoms with Crippen molar-refractivity contribution in [1.82, 2.24) is 20.6 Å². The Hall–Kier alpha value is -1.24. The number of hydrogen-bond donors (Lipinski definition) is 3. The molecule has 1 aliphatic heterocycles. The van der Waals surface area contributed by atoms with Crippen LogP contribution in [0.1, 0.15) is 30.8 Å². The van der Waals surface area contributed by atoms with Crippen molar-refractivity contribution in [2.24, 2.45) is 0 Å². The maximum Gasteiger partial charge on any atom is 0.230 e. The maximum atomic E-state index is 12.0. The molecule has 2 aromatic rings. The number of carbonyl (C=O) groups excluding carboxylic acids is 1. The zero-order chi connectivity index (χ0) is 15.4. The molecule has 1 amide bonds. The van der Waals surface area contributed by atoms with Gasteiger partial charge in [0.25, 0.3) is 0 Å². The molecule has 5 nitrogen and oxygen atoms in total. The quantitative estimate of drug-likeness (QED) is 0.772. The highest BCUT2D eigenvalue weighted by Gasteiger charge is 2.17. The summed E-state index contributed by atoms with van der Waals surface area (Å²) in [4.78, 5) is 19.9. The van der Waals surface area contributed by atoms with E-state index in [0.717, 1.165) is 42.8 Å². The number of nitrogens with one attached hydrogen (secondary N) is 3. The Morgan fingerprint density at radius 1 is 1.48 bits per heavy atom. The van der Waals surface area contributed by atoms with Gasteiger partial charge in [0.15, 0.2) is 0 Å². The summed E-state index contributed by atoms with van der Waals surface area (Å²) in [7, 11) is 0. The topological polar surface area (TPSA) is 69.8 Å². The molecule has 1 aromatic heterocycles. The van der Waals surface area contributed by atoms with E-state index in [1.165, 1.54) is 0 Å². The largest absolute Gasteiger partial charge is 0.351 e. The fourth-order valence-electron chi connectivity index (χ4n) is 2.69. The van der Waals surface area contributed by atoms with E-state index >= 15 is 0 Å². The van der Waals surface area contributed by atoms with Gasteiger partial charge in [0.1, 0.15) is 5.82 Å². The van der Waals surface area contributed by atoms with Crippen molar-refractivity contribution in [2.45, 2.75) is 31.1 Å². The second-order valence-electron chi connectivity index (χ2n) is 5.70. The maximum absolute atomic E-state index is 12.0. The second kappa shape index (κ2) is 8.57. The highest BCUT2D eigenvalue weighted by Crippen LogP contribution is 2.27. The van der Waals surface area contributed by atoms with Crippen LogP contribution in [0.25, 0.3) is 11.0 Å². The number of carbonyl (C=O) groups is 1. The minimum Gasteiger partial charge on any atom is -0.351 e. The minimum absolute atomic E-state index is 0. The average molecular weight is 355 g/mol. The number of halogens is 1. The SMILES string of the molecule is CC(SCC(=O)NC1CCCNC1)c1nc2ccccc2[nH]1.Cl. The number of amides is 1. The summed E-state index contributed by atoms with van der Waals surface area (Å²) in [6, 6.07) is 8.27. The molecule has 0 radical (unpaired) electrons. The number of aromatic amines is 1. The van der Waals surface area contributed by atoms with Crippen molar-refractivity contribution < 1.29 is 4.79 Å². The normalized spacial score (nSPS) is 19.1. The number of para-hydroxylation sites is 2. The van der Waals surface area contributed by atoms with Crippen molar-refractivity contribution in [3.05, 3.63) is 30.1 Å². The number of benzene rings is 1. The average Bonchev–Trinajstić information content (AvgIpc) is 2.98. The summed E-state index contributed by atoms with van der Waals surface area (Å²) in [5, 5.41) is 6.58. The van der Waals surface area contributed by atoms with Crippen LogP contribution in [-0.2, 0) is 4.79 Å². The molecule has 1 aliphatic rings. The number of rotatable bonds is 5. The molecule has 2 atom stereocenters. The van der Waals surface area contributed by atoms with Gasteiger partial charge < -0.3 is 15.6 Å². The Kier molecular flexibility index (Phi) is 6.74. The summed E-state index contributed by atoms with van der Waals surface area (Å²) in [5.41, 5.74) is 2.02. The summed E-state index contributed by atoms with van der Waals surface area (Å²) in [5.74, 6) is 1.51. The van der Waals surface area contributed by atoms with Crippen LogP contribution in [0.2, 0.25) is 0 Å². The molecule has 7 heteroatoms. The number of aromatic nitrogens is 2. The first-order valence-corrected chi connectivity index (χ1v) is 8.83. The van der Waals surface area contributed by atoms with E-state index in [2.05, 4.69) is 27.5 Å². The van der Waals surface area contributed by atoms with Gasteiger partial charge in [-0.25, -0.2) is 4.98 Å². The zero-order valence-corrected chi connectivity index (χ0v) is 14.8. The standard InChI is InChI=1S/C16H22N4OS.ClH/c1-11(16-19-13-6-2-3-7-14(13)20-16)22-10-15(21)18-12-5-4-8-17-9-12;/h2-3,6-7,11-12,17H,4-5,8-10H2,1H3,(H,18,21)(H,19,20);1H. The van der Waals surface area contributed by atoms with Crippen LogP contribution >= 0.6 is 24.2 Å². The van der Waals surface area contributed by atoms with E-state index in [1.54, 1.807) is 11.8 Å². The third kappa shape index (κ3) is 4.86. The Morgan fingerprint density at radius 2 is 2.30 bits per heavy atom. The van der Waals surface area contributed by atoms with Crippen molar-refractivity contribution in [2.75, 3.05) is 18.8 Å². The smallest absolute Gasteiger partial charge is 0.230 e. The number of nitrogens with zero attached hydrogens (tertiary/aromatic N) is 1.